The van der Waals surface area contributed by atoms with Crippen molar-refractivity contribution in [3.05, 3.63) is 0 Å². The molecular formula is C42H44N28O15. The van der Waals surface area contributed by atoms with E-state index in [-0.39, 0.29) is 5.48 Å². The Morgan fingerprint density at radius 2 is 0.176 bits per heavy atom. The second-order valence-electron chi connectivity index (χ2n) is 24.9. The molecule has 85 heavy (non-hydrogen) atoms. The Labute approximate surface area is 473 Å². The van der Waals surface area contributed by atoms with Crippen molar-refractivity contribution in [3.63, 3.8) is 0 Å². The second kappa shape index (κ2) is 13.2. The van der Waals surface area contributed by atoms with Crippen LogP contribution in [0.2, 0.25) is 0 Å². The van der Waals surface area contributed by atoms with E-state index in [1.165, 1.54) is 137 Å². The zero-order valence-corrected chi connectivity index (χ0v) is 43.7. The van der Waals surface area contributed by atoms with Crippen LogP contribution in [0.15, 0.2) is 0 Å². The van der Waals surface area contributed by atoms with Gasteiger partial charge in [-0.2, -0.15) is 0 Å². The lowest BCUT2D eigenvalue weighted by Crippen LogP contribution is -2.63. The SMILES string of the molecule is O.O=C1N2CN3C(=O)N4CN5C(=O)N6CN7C(=O)N8CN9C(=O)N%10CN%11C(=O)N%12CN%13C(=O)N%14CN1C1C2N2CN%15C(=O)N(CN%16C(=O)N(CN%17C(=O)N(CN%18C(=O)N(CN%19C(=O)N(CN%20C(=O)N(CN1C2=O)C%14C%13%20)C%12C%11%19)C%10C9%18)C8C7%17)C6C5%16)C4C3%15. The smallest absolute Gasteiger partial charge is 0.326 e. The fourth-order valence-electron chi connectivity index (χ4n) is 18.7. The molecule has 43 nitrogen and oxygen atoms in total. The normalized spacial score (nSPS) is 39.9. The third-order valence-corrected chi connectivity index (χ3v) is 22.0. The first-order chi connectivity index (χ1) is 40.5. The van der Waals surface area contributed by atoms with Crippen molar-refractivity contribution in [1.82, 2.24) is 137 Å². The lowest BCUT2D eigenvalue weighted by Gasteiger charge is -2.42. The van der Waals surface area contributed by atoms with Gasteiger partial charge >= 0.3 is 84.4 Å². The minimum absolute atomic E-state index is 0. The van der Waals surface area contributed by atoms with Gasteiger partial charge in [-0.1, -0.05) is 0 Å². The first kappa shape index (κ1) is 45.3. The van der Waals surface area contributed by atoms with Gasteiger partial charge in [0.05, 0.1) is 0 Å². The first-order valence-electron chi connectivity index (χ1n) is 27.5. The molecule has 0 radical (unpaired) electrons. The minimum atomic E-state index is -1.23. The van der Waals surface area contributed by atoms with Crippen LogP contribution in [0.5, 0.6) is 0 Å². The third-order valence-electron chi connectivity index (χ3n) is 22.0. The molecule has 21 aliphatic rings. The molecule has 21 heterocycles. The lowest BCUT2D eigenvalue weighted by atomic mass is 10.3. The molecule has 43 heteroatoms. The van der Waals surface area contributed by atoms with Gasteiger partial charge in [-0.15, -0.1) is 0 Å². The van der Waals surface area contributed by atoms with Crippen LogP contribution in [0.3, 0.4) is 0 Å². The molecule has 28 amide bonds. The summed E-state index contributed by atoms with van der Waals surface area (Å²) in [5.74, 6) is 0. The summed E-state index contributed by atoms with van der Waals surface area (Å²) < 4.78 is 0. The number of carbonyl (C=O) groups is 14. The lowest BCUT2D eigenvalue weighted by molar-refractivity contribution is -0.0191. The number of hydrogen-bond acceptors (Lipinski definition) is 14. The Morgan fingerprint density at radius 3 is 0.224 bits per heavy atom. The molecule has 21 aliphatic heterocycles. The van der Waals surface area contributed by atoms with Gasteiger partial charge in [0.25, 0.3) is 0 Å². The van der Waals surface area contributed by atoms with Crippen molar-refractivity contribution in [2.24, 2.45) is 0 Å². The van der Waals surface area contributed by atoms with Gasteiger partial charge in [0.1, 0.15) is 93.4 Å². The summed E-state index contributed by atoms with van der Waals surface area (Å²) >= 11 is 0. The standard InChI is InChI=1S/C42H42N28O14.H2O/c71-29-43-1-44-16-18-48(30(44)72)4-52-20-22-56(34(52)76)8-60-24-26-64(38(60)80)12-68-28-27-67(41(68)83)11-63-25-23-59(37(63)79)7-55-21-19-51(33(55)75)3-47(29)17-15(43)45-2-46(16)32(74)50(18)6-54(20)36(78)58(22)10-62(24)40(82)66(26)14-70(28)42(84)69(27)13-65(25)39(81)61(23)9-57(21)35(77)53(19)5-49(17)31(45)73;/h15-28H,1-14H2;1H2. The molecule has 0 bridgehead atoms. The van der Waals surface area contributed by atoms with Gasteiger partial charge in [0.2, 0.25) is 0 Å². The van der Waals surface area contributed by atoms with Gasteiger partial charge < -0.3 is 5.48 Å². The summed E-state index contributed by atoms with van der Waals surface area (Å²) in [6.07, 6.45) is -17.2. The van der Waals surface area contributed by atoms with Gasteiger partial charge in [0.15, 0.2) is 86.3 Å². The Kier molecular flexibility index (Phi) is 7.05. The van der Waals surface area contributed by atoms with E-state index in [1.807, 2.05) is 0 Å². The third kappa shape index (κ3) is 4.28. The van der Waals surface area contributed by atoms with Crippen LogP contribution in [0.25, 0.3) is 0 Å². The second-order valence-corrected chi connectivity index (χ2v) is 24.9. The predicted molar refractivity (Wildman–Crippen MR) is 252 cm³/mol. The molecule has 0 aromatic heterocycles. The summed E-state index contributed by atoms with van der Waals surface area (Å²) in [6, 6.07) is -9.95. The Hall–Kier alpha value is -10.3. The number of amides is 28. The van der Waals surface area contributed by atoms with Crippen LogP contribution in [0.4, 0.5) is 67.1 Å². The van der Waals surface area contributed by atoms with Crippen molar-refractivity contribution < 1.29 is 72.6 Å². The molecular weight excluding hydrogens is 1140 g/mol. The van der Waals surface area contributed by atoms with Crippen molar-refractivity contribution in [1.29, 1.82) is 0 Å². The highest BCUT2D eigenvalue weighted by Gasteiger charge is 2.77. The van der Waals surface area contributed by atoms with Gasteiger partial charge in [-0.05, 0) is 0 Å². The zero-order chi connectivity index (χ0) is 56.2. The average molecular weight is 1180 g/mol. The highest BCUT2D eigenvalue weighted by atomic mass is 16.3. The van der Waals surface area contributed by atoms with E-state index in [2.05, 4.69) is 0 Å². The molecule has 0 aromatic rings. The molecule has 0 atom stereocenters. The predicted octanol–water partition coefficient (Wildman–Crippen LogP) is -7.43. The molecule has 21 rings (SSSR count). The maximum Gasteiger partial charge on any atom is 0.326 e. The molecule has 0 spiro atoms. The number of hydrogen-bond donors (Lipinski definition) is 0. The van der Waals surface area contributed by atoms with E-state index < -0.39 is 264 Å². The summed E-state index contributed by atoms with van der Waals surface area (Å²) in [4.78, 5) is 251. The summed E-state index contributed by atoms with van der Waals surface area (Å²) in [6.45, 7) is -7.10. The van der Waals surface area contributed by atoms with Crippen LogP contribution in [-0.2, 0) is 0 Å². The molecule has 0 aromatic carbocycles. The topological polar surface area (TPSA) is 361 Å². The van der Waals surface area contributed by atoms with E-state index in [4.69, 9.17) is 0 Å². The van der Waals surface area contributed by atoms with E-state index in [1.54, 1.807) is 0 Å². The van der Waals surface area contributed by atoms with Crippen molar-refractivity contribution in [3.8, 4) is 0 Å². The molecule has 0 saturated carbocycles. The number of nitrogens with zero attached hydrogens (tertiary/aromatic N) is 28. The van der Waals surface area contributed by atoms with Crippen LogP contribution < -0.4 is 0 Å². The van der Waals surface area contributed by atoms with Gasteiger partial charge in [-0.3, -0.25) is 137 Å². The average Bonchev–Trinajstić information content (AvgIpc) is 1.57. The molecule has 0 unspecified atom stereocenters. The monoisotopic (exact) mass is 1180 g/mol. The first-order valence-corrected chi connectivity index (χ1v) is 27.5. The maximum absolute atomic E-state index is 15.3. The summed E-state index contributed by atoms with van der Waals surface area (Å²) in [7, 11) is 0. The number of urea groups is 14. The fraction of sp³-hybridized carbons (Fsp3) is 0.667. The summed E-state index contributed by atoms with van der Waals surface area (Å²) in [5.41, 5.74) is 0. The number of rotatable bonds is 0. The van der Waals surface area contributed by atoms with Gasteiger partial charge in [0, 0.05) is 0 Å². The number of carbonyl (C=O) groups excluding carboxylic acids is 14. The Bertz CT molecular complexity index is 2550. The maximum atomic E-state index is 15.3. The zero-order valence-electron chi connectivity index (χ0n) is 43.7. The van der Waals surface area contributed by atoms with Crippen molar-refractivity contribution in [2.75, 3.05) is 93.4 Å². The largest absolute Gasteiger partial charge is 0.412 e. The van der Waals surface area contributed by atoms with E-state index in [0.29, 0.717) is 0 Å². The van der Waals surface area contributed by atoms with Crippen LogP contribution >= 0.6 is 0 Å². The van der Waals surface area contributed by atoms with Gasteiger partial charge in [-0.25, -0.2) is 67.1 Å². The Balaban J connectivity index is 0.00000501. The van der Waals surface area contributed by atoms with E-state index in [0.717, 1.165) is 0 Å². The molecule has 442 valence electrons. The molecule has 21 saturated heterocycles. The summed E-state index contributed by atoms with van der Waals surface area (Å²) in [5, 5.41) is 0. The quantitative estimate of drug-likeness (QED) is 0.218. The Morgan fingerprint density at radius 1 is 0.129 bits per heavy atom. The molecule has 2 N–H and O–H groups in total. The van der Waals surface area contributed by atoms with E-state index >= 15 is 67.1 Å². The molecule has 21 fully saturated rings. The highest BCUT2D eigenvalue weighted by molar-refractivity contribution is 5.95. The van der Waals surface area contributed by atoms with Crippen molar-refractivity contribution in [2.45, 2.75) is 86.3 Å². The fourth-order valence-corrected chi connectivity index (χ4v) is 18.7. The van der Waals surface area contributed by atoms with Crippen LogP contribution in [-0.4, -0.2) is 407 Å². The molecule has 0 aliphatic carbocycles. The van der Waals surface area contributed by atoms with E-state index in [9.17, 15) is 0 Å². The highest BCUT2D eigenvalue weighted by Crippen LogP contribution is 2.52. The minimum Gasteiger partial charge on any atom is -0.412 e. The van der Waals surface area contributed by atoms with Crippen LogP contribution in [0.1, 0.15) is 0 Å². The van der Waals surface area contributed by atoms with Crippen molar-refractivity contribution >= 4 is 84.4 Å². The van der Waals surface area contributed by atoms with Crippen LogP contribution in [0, 0.1) is 0 Å².